The van der Waals surface area contributed by atoms with Crippen LogP contribution in [0.25, 0.3) is 0 Å². The van der Waals surface area contributed by atoms with E-state index in [1.807, 2.05) is 0 Å². The van der Waals surface area contributed by atoms with Crippen LogP contribution in [0.15, 0.2) is 0 Å². The van der Waals surface area contributed by atoms with E-state index < -0.39 is 0 Å². The van der Waals surface area contributed by atoms with E-state index in [9.17, 15) is 0 Å². The van der Waals surface area contributed by atoms with Gasteiger partial charge in [0.05, 0.1) is 6.54 Å². The lowest BCUT2D eigenvalue weighted by Gasteiger charge is -2.45. The van der Waals surface area contributed by atoms with E-state index >= 15 is 0 Å². The van der Waals surface area contributed by atoms with Crippen LogP contribution in [0.1, 0.15) is 25.7 Å². The van der Waals surface area contributed by atoms with Crippen LogP contribution in [0.4, 0.5) is 0 Å². The van der Waals surface area contributed by atoms with Gasteiger partial charge in [-0.25, -0.2) is 0 Å². The predicted octanol–water partition coefficient (Wildman–Crippen LogP) is 1.99. The van der Waals surface area contributed by atoms with Gasteiger partial charge in [0.15, 0.2) is 0 Å². The second kappa shape index (κ2) is 3.28. The summed E-state index contributed by atoms with van der Waals surface area (Å²) in [5.74, 6) is 6.91. The van der Waals surface area contributed by atoms with E-state index in [0.717, 1.165) is 30.2 Å². The Balaban J connectivity index is 1.75. The van der Waals surface area contributed by atoms with Crippen LogP contribution in [-0.2, 0) is 0 Å². The molecule has 4 fully saturated rings. The topological polar surface area (TPSA) is 3.24 Å². The number of rotatable bonds is 1. The van der Waals surface area contributed by atoms with Crippen LogP contribution < -0.4 is 0 Å². The molecule has 3 aliphatic carbocycles. The lowest BCUT2D eigenvalue weighted by molar-refractivity contribution is 0.0577. The molecule has 2 atom stereocenters. The Morgan fingerprint density at radius 1 is 1.00 bits per heavy atom. The summed E-state index contributed by atoms with van der Waals surface area (Å²) in [5.41, 5.74) is 0. The summed E-state index contributed by atoms with van der Waals surface area (Å²) in [4.78, 5) is 2.51. The average Bonchev–Trinajstić information content (AvgIpc) is 2.65. The van der Waals surface area contributed by atoms with Crippen molar-refractivity contribution in [2.75, 3.05) is 19.6 Å². The van der Waals surface area contributed by atoms with E-state index in [1.165, 1.54) is 38.8 Å². The van der Waals surface area contributed by atoms with Crippen molar-refractivity contribution >= 4 is 0 Å². The molecule has 2 bridgehead atoms. The van der Waals surface area contributed by atoms with Gasteiger partial charge in [-0.15, -0.1) is 6.42 Å². The molecule has 14 heavy (non-hydrogen) atoms. The third-order valence-electron chi connectivity index (χ3n) is 4.83. The summed E-state index contributed by atoms with van der Waals surface area (Å²) in [5, 5.41) is 0. The molecule has 0 aromatic carbocycles. The second-order valence-electron chi connectivity index (χ2n) is 5.40. The Morgan fingerprint density at radius 3 is 1.93 bits per heavy atom. The fourth-order valence-electron chi connectivity index (χ4n) is 4.20. The van der Waals surface area contributed by atoms with Crippen molar-refractivity contribution in [3.05, 3.63) is 0 Å². The monoisotopic (exact) mass is 189 g/mol. The minimum Gasteiger partial charge on any atom is -0.292 e. The first-order valence-corrected chi connectivity index (χ1v) is 6.04. The first-order valence-electron chi connectivity index (χ1n) is 6.04. The van der Waals surface area contributed by atoms with Crippen molar-refractivity contribution in [1.29, 1.82) is 0 Å². The lowest BCUT2D eigenvalue weighted by Crippen LogP contribution is -2.38. The Hall–Kier alpha value is -0.480. The zero-order valence-electron chi connectivity index (χ0n) is 8.78. The van der Waals surface area contributed by atoms with Gasteiger partial charge in [0.1, 0.15) is 0 Å². The van der Waals surface area contributed by atoms with Crippen LogP contribution in [0, 0.1) is 36.0 Å². The average molecular weight is 189 g/mol. The molecule has 0 spiro atoms. The highest BCUT2D eigenvalue weighted by molar-refractivity contribution is 5.01. The molecule has 0 aromatic rings. The Morgan fingerprint density at radius 2 is 1.50 bits per heavy atom. The molecule has 1 heterocycles. The summed E-state index contributed by atoms with van der Waals surface area (Å²) >= 11 is 0. The van der Waals surface area contributed by atoms with E-state index in [1.54, 1.807) is 0 Å². The second-order valence-corrected chi connectivity index (χ2v) is 5.40. The smallest absolute Gasteiger partial charge is 0.0599 e. The number of fused-ring (bicyclic) bond motifs is 2. The molecule has 0 N–H and O–H groups in total. The zero-order chi connectivity index (χ0) is 9.54. The SMILES string of the molecule is C#CCN1CC2C3CCC(CC3)C2C1. The van der Waals surface area contributed by atoms with Gasteiger partial charge in [0.2, 0.25) is 0 Å². The third-order valence-corrected chi connectivity index (χ3v) is 4.83. The van der Waals surface area contributed by atoms with Crippen LogP contribution in [0.3, 0.4) is 0 Å². The Labute approximate surface area is 86.9 Å². The molecule has 0 radical (unpaired) electrons. The molecule has 1 heteroatoms. The highest BCUT2D eigenvalue weighted by atomic mass is 15.2. The van der Waals surface area contributed by atoms with Crippen molar-refractivity contribution in [2.45, 2.75) is 25.7 Å². The predicted molar refractivity (Wildman–Crippen MR) is 57.7 cm³/mol. The van der Waals surface area contributed by atoms with Crippen molar-refractivity contribution in [2.24, 2.45) is 23.7 Å². The molecule has 0 aromatic heterocycles. The zero-order valence-corrected chi connectivity index (χ0v) is 8.78. The fraction of sp³-hybridized carbons (Fsp3) is 0.846. The molecular formula is C13H19N. The quantitative estimate of drug-likeness (QED) is 0.570. The van der Waals surface area contributed by atoms with Crippen molar-refractivity contribution in [3.63, 3.8) is 0 Å². The van der Waals surface area contributed by atoms with Crippen molar-refractivity contribution < 1.29 is 0 Å². The minimum absolute atomic E-state index is 0.881. The van der Waals surface area contributed by atoms with Crippen molar-refractivity contribution in [3.8, 4) is 12.3 Å². The van der Waals surface area contributed by atoms with Crippen LogP contribution in [0.2, 0.25) is 0 Å². The highest BCUT2D eigenvalue weighted by Gasteiger charge is 2.47. The summed E-state index contributed by atoms with van der Waals surface area (Å²) in [6.07, 6.45) is 11.4. The van der Waals surface area contributed by atoms with Gasteiger partial charge in [-0.05, 0) is 49.4 Å². The van der Waals surface area contributed by atoms with E-state index in [4.69, 9.17) is 6.42 Å². The summed E-state index contributed by atoms with van der Waals surface area (Å²) < 4.78 is 0. The molecular weight excluding hydrogens is 170 g/mol. The van der Waals surface area contributed by atoms with Gasteiger partial charge in [0, 0.05) is 13.1 Å². The highest BCUT2D eigenvalue weighted by Crippen LogP contribution is 2.51. The van der Waals surface area contributed by atoms with Gasteiger partial charge < -0.3 is 0 Å². The molecule has 2 unspecified atom stereocenters. The minimum atomic E-state index is 0.881. The Bertz CT molecular complexity index is 237. The summed E-state index contributed by atoms with van der Waals surface area (Å²) in [6, 6.07) is 0. The van der Waals surface area contributed by atoms with Crippen LogP contribution in [0.5, 0.6) is 0 Å². The Kier molecular flexibility index (Phi) is 2.06. The number of hydrogen-bond acceptors (Lipinski definition) is 1. The molecule has 76 valence electrons. The molecule has 3 saturated carbocycles. The molecule has 1 saturated heterocycles. The van der Waals surface area contributed by atoms with Gasteiger partial charge in [-0.3, -0.25) is 4.90 Å². The van der Waals surface area contributed by atoms with Crippen LogP contribution >= 0.6 is 0 Å². The first-order chi connectivity index (χ1) is 6.88. The van der Waals surface area contributed by atoms with E-state index in [2.05, 4.69) is 10.8 Å². The normalized spacial score (nSPS) is 46.2. The van der Waals surface area contributed by atoms with Gasteiger partial charge >= 0.3 is 0 Å². The molecule has 1 aliphatic heterocycles. The molecule has 4 aliphatic rings. The third kappa shape index (κ3) is 1.21. The molecule has 1 nitrogen and oxygen atoms in total. The van der Waals surface area contributed by atoms with Gasteiger partial charge in [-0.1, -0.05) is 5.92 Å². The fourth-order valence-corrected chi connectivity index (χ4v) is 4.20. The lowest BCUT2D eigenvalue weighted by atomic mass is 9.60. The number of likely N-dealkylation sites (tertiary alicyclic amines) is 1. The maximum absolute atomic E-state index is 5.39. The number of terminal acetylenes is 1. The van der Waals surface area contributed by atoms with E-state index in [-0.39, 0.29) is 0 Å². The van der Waals surface area contributed by atoms with Crippen LogP contribution in [-0.4, -0.2) is 24.5 Å². The standard InChI is InChI=1S/C13H19N/c1-2-7-14-8-12-10-3-4-11(6-5-10)13(12)9-14/h1,10-13H,3-9H2. The number of hydrogen-bond donors (Lipinski definition) is 0. The largest absolute Gasteiger partial charge is 0.292 e. The molecule has 4 rings (SSSR count). The van der Waals surface area contributed by atoms with E-state index in [0.29, 0.717) is 0 Å². The maximum atomic E-state index is 5.39. The van der Waals surface area contributed by atoms with Gasteiger partial charge in [-0.2, -0.15) is 0 Å². The summed E-state index contributed by atoms with van der Waals surface area (Å²) in [6.45, 7) is 3.48. The van der Waals surface area contributed by atoms with Gasteiger partial charge in [0.25, 0.3) is 0 Å². The summed E-state index contributed by atoms with van der Waals surface area (Å²) in [7, 11) is 0. The van der Waals surface area contributed by atoms with Crippen molar-refractivity contribution in [1.82, 2.24) is 4.90 Å². The number of nitrogens with zero attached hydrogens (tertiary/aromatic N) is 1. The molecule has 0 amide bonds. The first kappa shape index (κ1) is 8.80. The maximum Gasteiger partial charge on any atom is 0.0599 e.